The molecule has 4 heteroatoms. The van der Waals surface area contributed by atoms with Crippen molar-refractivity contribution < 1.29 is 4.79 Å². The second-order valence-corrected chi connectivity index (χ2v) is 6.25. The van der Waals surface area contributed by atoms with Crippen molar-refractivity contribution in [1.29, 1.82) is 0 Å². The molecule has 0 heterocycles. The zero-order valence-electron chi connectivity index (χ0n) is 11.6. The molecule has 3 N–H and O–H groups in total. The molecule has 2 unspecified atom stereocenters. The van der Waals surface area contributed by atoms with Crippen LogP contribution in [0.3, 0.4) is 0 Å². The number of aryl methyl sites for hydroxylation is 1. The molecule has 2 atom stereocenters. The van der Waals surface area contributed by atoms with E-state index in [1.54, 1.807) is 6.07 Å². The van der Waals surface area contributed by atoms with E-state index in [1.165, 1.54) is 19.3 Å². The van der Waals surface area contributed by atoms with E-state index in [0.29, 0.717) is 16.5 Å². The summed E-state index contributed by atoms with van der Waals surface area (Å²) in [7, 11) is 0. The number of carbonyl (C=O) groups is 1. The first kappa shape index (κ1) is 14.3. The molecule has 0 bridgehead atoms. The minimum Gasteiger partial charge on any atom is -0.398 e. The summed E-state index contributed by atoms with van der Waals surface area (Å²) in [5.74, 6) is -0.0350. The van der Waals surface area contributed by atoms with Gasteiger partial charge in [-0.3, -0.25) is 4.79 Å². The quantitative estimate of drug-likeness (QED) is 0.836. The minimum absolute atomic E-state index is 0.0350. The molecule has 0 spiro atoms. The van der Waals surface area contributed by atoms with Gasteiger partial charge in [-0.1, -0.05) is 25.0 Å². The number of nitrogen functional groups attached to an aromatic ring is 1. The normalized spacial score (nSPS) is 23.1. The number of benzene rings is 1. The smallest absolute Gasteiger partial charge is 0.253 e. The maximum absolute atomic E-state index is 12.3. The number of carbonyl (C=O) groups excluding carboxylic acids is 1. The van der Waals surface area contributed by atoms with E-state index in [-0.39, 0.29) is 11.9 Å². The number of thioether (sulfide) groups is 1. The molecule has 1 aromatic carbocycles. The monoisotopic (exact) mass is 278 g/mol. The number of amides is 1. The zero-order valence-corrected chi connectivity index (χ0v) is 12.4. The van der Waals surface area contributed by atoms with Crippen LogP contribution in [0.2, 0.25) is 0 Å². The van der Waals surface area contributed by atoms with Crippen molar-refractivity contribution >= 4 is 23.4 Å². The summed E-state index contributed by atoms with van der Waals surface area (Å²) in [4.78, 5) is 12.3. The van der Waals surface area contributed by atoms with Crippen molar-refractivity contribution in [3.8, 4) is 0 Å². The van der Waals surface area contributed by atoms with Crippen molar-refractivity contribution in [2.75, 3.05) is 12.0 Å². The lowest BCUT2D eigenvalue weighted by Gasteiger charge is -2.31. The van der Waals surface area contributed by atoms with Gasteiger partial charge < -0.3 is 11.1 Å². The first-order valence-electron chi connectivity index (χ1n) is 6.82. The highest BCUT2D eigenvalue weighted by molar-refractivity contribution is 7.99. The van der Waals surface area contributed by atoms with Gasteiger partial charge in [-0.25, -0.2) is 0 Å². The van der Waals surface area contributed by atoms with E-state index in [0.717, 1.165) is 12.0 Å². The Morgan fingerprint density at radius 2 is 2.11 bits per heavy atom. The first-order valence-corrected chi connectivity index (χ1v) is 8.11. The van der Waals surface area contributed by atoms with Crippen LogP contribution in [0.5, 0.6) is 0 Å². The molecule has 1 saturated carbocycles. The lowest BCUT2D eigenvalue weighted by atomic mass is 9.94. The highest BCUT2D eigenvalue weighted by Gasteiger charge is 2.26. The van der Waals surface area contributed by atoms with Crippen LogP contribution < -0.4 is 11.1 Å². The third-order valence-electron chi connectivity index (χ3n) is 3.89. The molecule has 0 radical (unpaired) electrons. The van der Waals surface area contributed by atoms with Gasteiger partial charge in [0, 0.05) is 17.0 Å². The van der Waals surface area contributed by atoms with Gasteiger partial charge in [0.15, 0.2) is 0 Å². The number of nitrogens with two attached hydrogens (primary N) is 1. The van der Waals surface area contributed by atoms with Gasteiger partial charge >= 0.3 is 0 Å². The summed E-state index contributed by atoms with van der Waals surface area (Å²) in [6.45, 7) is 1.93. The number of nitrogens with one attached hydrogen (secondary N) is 1. The third kappa shape index (κ3) is 3.24. The fraction of sp³-hybridized carbons (Fsp3) is 0.533. The second kappa shape index (κ2) is 6.33. The van der Waals surface area contributed by atoms with E-state index in [4.69, 9.17) is 5.73 Å². The van der Waals surface area contributed by atoms with Crippen LogP contribution in [0, 0.1) is 6.92 Å². The van der Waals surface area contributed by atoms with Crippen LogP contribution >= 0.6 is 11.8 Å². The summed E-state index contributed by atoms with van der Waals surface area (Å²) in [5.41, 5.74) is 8.14. The highest BCUT2D eigenvalue weighted by Crippen LogP contribution is 2.27. The van der Waals surface area contributed by atoms with Gasteiger partial charge in [0.05, 0.1) is 5.56 Å². The molecule has 1 aromatic rings. The molecular formula is C15H22N2OS. The minimum atomic E-state index is -0.0350. The summed E-state index contributed by atoms with van der Waals surface area (Å²) in [6.07, 6.45) is 6.85. The van der Waals surface area contributed by atoms with Crippen LogP contribution in [0.4, 0.5) is 5.69 Å². The van der Waals surface area contributed by atoms with Gasteiger partial charge in [0.2, 0.25) is 0 Å². The molecule has 3 nitrogen and oxygen atoms in total. The number of hydrogen-bond donors (Lipinski definition) is 2. The lowest BCUT2D eigenvalue weighted by Crippen LogP contribution is -2.43. The van der Waals surface area contributed by atoms with Crippen LogP contribution in [0.25, 0.3) is 0 Å². The van der Waals surface area contributed by atoms with E-state index in [2.05, 4.69) is 11.6 Å². The Bertz CT molecular complexity index is 461. The number of rotatable bonds is 3. The first-order chi connectivity index (χ1) is 9.13. The van der Waals surface area contributed by atoms with Crippen molar-refractivity contribution in [3.05, 3.63) is 29.3 Å². The van der Waals surface area contributed by atoms with Crippen LogP contribution in [-0.4, -0.2) is 23.5 Å². The molecular weight excluding hydrogens is 256 g/mol. The van der Waals surface area contributed by atoms with Gasteiger partial charge in [-0.15, -0.1) is 0 Å². The van der Waals surface area contributed by atoms with E-state index in [9.17, 15) is 4.79 Å². The Morgan fingerprint density at radius 1 is 1.37 bits per heavy atom. The standard InChI is InChI=1S/C15H22N2OS/c1-10-6-5-7-11(14(10)16)15(18)17-12-8-3-4-9-13(12)19-2/h5-7,12-13H,3-4,8-9,16H2,1-2H3,(H,17,18). The molecule has 0 aromatic heterocycles. The predicted molar refractivity (Wildman–Crippen MR) is 82.6 cm³/mol. The molecule has 0 aliphatic heterocycles. The van der Waals surface area contributed by atoms with Crippen molar-refractivity contribution in [2.45, 2.75) is 43.9 Å². The summed E-state index contributed by atoms with van der Waals surface area (Å²) >= 11 is 1.85. The van der Waals surface area contributed by atoms with Crippen LogP contribution in [0.1, 0.15) is 41.6 Å². The maximum Gasteiger partial charge on any atom is 0.253 e. The van der Waals surface area contributed by atoms with Crippen molar-refractivity contribution in [2.24, 2.45) is 0 Å². The summed E-state index contributed by atoms with van der Waals surface area (Å²) < 4.78 is 0. The third-order valence-corrected chi connectivity index (χ3v) is 5.06. The molecule has 19 heavy (non-hydrogen) atoms. The van der Waals surface area contributed by atoms with Crippen LogP contribution in [0.15, 0.2) is 18.2 Å². The Hall–Kier alpha value is -1.16. The molecule has 104 valence electrons. The van der Waals surface area contributed by atoms with E-state index < -0.39 is 0 Å². The number of anilines is 1. The highest BCUT2D eigenvalue weighted by atomic mass is 32.2. The van der Waals surface area contributed by atoms with Gasteiger partial charge in [-0.2, -0.15) is 11.8 Å². The topological polar surface area (TPSA) is 55.1 Å². The second-order valence-electron chi connectivity index (χ2n) is 5.17. The van der Waals surface area contributed by atoms with E-state index >= 15 is 0 Å². The Morgan fingerprint density at radius 3 is 2.84 bits per heavy atom. The summed E-state index contributed by atoms with van der Waals surface area (Å²) in [6, 6.07) is 5.88. The summed E-state index contributed by atoms with van der Waals surface area (Å²) in [5, 5.41) is 3.70. The molecule has 2 rings (SSSR count). The van der Waals surface area contributed by atoms with E-state index in [1.807, 2.05) is 30.8 Å². The Kier molecular flexibility index (Phi) is 4.75. The Labute approximate surface area is 119 Å². The zero-order chi connectivity index (χ0) is 13.8. The average molecular weight is 278 g/mol. The molecule has 1 amide bonds. The number of hydrogen-bond acceptors (Lipinski definition) is 3. The lowest BCUT2D eigenvalue weighted by molar-refractivity contribution is 0.0930. The van der Waals surface area contributed by atoms with Crippen molar-refractivity contribution in [1.82, 2.24) is 5.32 Å². The van der Waals surface area contributed by atoms with Gasteiger partial charge in [-0.05, 0) is 37.7 Å². The Balaban J connectivity index is 2.09. The molecule has 1 fully saturated rings. The van der Waals surface area contributed by atoms with Crippen LogP contribution in [-0.2, 0) is 0 Å². The van der Waals surface area contributed by atoms with Gasteiger partial charge in [0.25, 0.3) is 5.91 Å². The van der Waals surface area contributed by atoms with Gasteiger partial charge in [0.1, 0.15) is 0 Å². The largest absolute Gasteiger partial charge is 0.398 e. The predicted octanol–water partition coefficient (Wildman–Crippen LogP) is 2.98. The maximum atomic E-state index is 12.3. The number of para-hydroxylation sites is 1. The molecule has 1 aliphatic carbocycles. The fourth-order valence-electron chi connectivity index (χ4n) is 2.67. The average Bonchev–Trinajstić information content (AvgIpc) is 2.42. The van der Waals surface area contributed by atoms with Crippen molar-refractivity contribution in [3.63, 3.8) is 0 Å². The SMILES string of the molecule is CSC1CCCCC1NC(=O)c1cccc(C)c1N. The molecule has 1 aliphatic rings. The fourth-order valence-corrected chi connectivity index (χ4v) is 3.60. The molecule has 0 saturated heterocycles.